The number of fused-ring (bicyclic) bond motifs is 2. The molecule has 6 rings (SSSR count). The molecule has 6 aromatic rings. The Morgan fingerprint density at radius 2 is 0.889 bits per heavy atom. The summed E-state index contributed by atoms with van der Waals surface area (Å²) in [7, 11) is 12.1. The van der Waals surface area contributed by atoms with Gasteiger partial charge >= 0.3 is 54.6 Å². The first kappa shape index (κ1) is 46.8. The summed E-state index contributed by atoms with van der Waals surface area (Å²) < 4.78 is 0. The predicted molar refractivity (Wildman–Crippen MR) is 258 cm³/mol. The number of hydrogen-bond acceptors (Lipinski definition) is 0. The van der Waals surface area contributed by atoms with Crippen molar-refractivity contribution in [1.82, 2.24) is 0 Å². The molecule has 0 atom stereocenters. The minimum absolute atomic E-state index is 0.188. The van der Waals surface area contributed by atoms with E-state index in [1.54, 1.807) is 0 Å². The molecule has 0 aliphatic rings. The van der Waals surface area contributed by atoms with E-state index in [1.165, 1.54) is 64.7 Å². The number of halogens is 4. The summed E-state index contributed by atoms with van der Waals surface area (Å²) in [6, 6.07) is 40.2. The molecule has 0 bridgehead atoms. The van der Waals surface area contributed by atoms with E-state index in [0.29, 0.717) is 0 Å². The van der Waals surface area contributed by atoms with Crippen LogP contribution < -0.4 is 0 Å². The predicted octanol–water partition coefficient (Wildman–Crippen LogP) is 15.6. The van der Waals surface area contributed by atoms with E-state index < -0.39 is 13.2 Å². The van der Waals surface area contributed by atoms with Crippen molar-refractivity contribution >= 4 is 94.3 Å². The van der Waals surface area contributed by atoms with E-state index in [4.69, 9.17) is 17.0 Å². The van der Waals surface area contributed by atoms with Crippen molar-refractivity contribution in [3.05, 3.63) is 171 Å². The number of rotatable bonds is 12. The average Bonchev–Trinajstić information content (AvgIpc) is 3.72. The maximum atomic E-state index is 5.34. The van der Waals surface area contributed by atoms with Crippen LogP contribution in [0.1, 0.15) is 11.1 Å². The Balaban J connectivity index is 0.000000243. The van der Waals surface area contributed by atoms with Crippen LogP contribution in [0.15, 0.2) is 170 Å². The first-order valence-corrected chi connectivity index (χ1v) is 40.2. The molecule has 0 saturated carbocycles. The molecule has 54 heavy (non-hydrogen) atoms. The molecule has 2 radical (unpaired) electrons. The Labute approximate surface area is 356 Å². The minimum atomic E-state index is -2.61. The molecule has 0 saturated heterocycles. The molecule has 0 nitrogen and oxygen atoms in total. The Bertz CT molecular complexity index is 1910. The second-order valence-electron chi connectivity index (χ2n) is 12.5. The summed E-state index contributed by atoms with van der Waals surface area (Å²) in [5.41, 5.74) is 7.84. The van der Waals surface area contributed by atoms with Crippen LogP contribution in [0.2, 0.25) is 13.1 Å². The van der Waals surface area contributed by atoms with Gasteiger partial charge in [-0.25, -0.2) is 0 Å². The Morgan fingerprint density at radius 1 is 0.593 bits per heavy atom. The fraction of sp³-hybridized carbons (Fsp3) is 0.174. The Kier molecular flexibility index (Phi) is 21.0. The summed E-state index contributed by atoms with van der Waals surface area (Å²) in [5, 5.41) is 5.33. The van der Waals surface area contributed by atoms with Crippen molar-refractivity contribution in [3.8, 4) is 22.3 Å². The first-order chi connectivity index (χ1) is 25.9. The van der Waals surface area contributed by atoms with E-state index >= 15 is 0 Å². The van der Waals surface area contributed by atoms with Crippen LogP contribution in [0.25, 0.3) is 43.8 Å². The van der Waals surface area contributed by atoms with Crippen LogP contribution in [-0.2, 0) is 35.0 Å². The first-order valence-electron chi connectivity index (χ1n) is 17.5. The van der Waals surface area contributed by atoms with E-state index in [1.807, 2.05) is 24.3 Å². The molecule has 0 aliphatic carbocycles. The fourth-order valence-electron chi connectivity index (χ4n) is 6.02. The Morgan fingerprint density at radius 3 is 1.17 bits per heavy atom. The van der Waals surface area contributed by atoms with Gasteiger partial charge in [0.05, 0.1) is 0 Å². The molecule has 0 aromatic heterocycles. The fourth-order valence-corrected chi connectivity index (χ4v) is 9.24. The summed E-state index contributed by atoms with van der Waals surface area (Å²) in [6.45, 7) is 24.1. The summed E-state index contributed by atoms with van der Waals surface area (Å²) in [5.74, 6) is 4.07. The third kappa shape index (κ3) is 15.1. The number of hydrogen-bond donors (Lipinski definition) is 0. The van der Waals surface area contributed by atoms with Gasteiger partial charge < -0.3 is 0 Å². The van der Waals surface area contributed by atoms with Crippen LogP contribution in [-0.4, -0.2) is 32.5 Å². The van der Waals surface area contributed by atoms with Gasteiger partial charge in [-0.15, -0.1) is 69.1 Å². The van der Waals surface area contributed by atoms with Crippen molar-refractivity contribution in [2.24, 2.45) is 0 Å². The van der Waals surface area contributed by atoms with Gasteiger partial charge in [0.2, 0.25) is 0 Å². The van der Waals surface area contributed by atoms with Crippen LogP contribution in [0, 0.1) is 13.8 Å². The summed E-state index contributed by atoms with van der Waals surface area (Å²) in [4.78, 5) is 2.78. The van der Waals surface area contributed by atoms with Crippen molar-refractivity contribution in [2.75, 3.05) is 23.0 Å². The van der Waals surface area contributed by atoms with Gasteiger partial charge in [-0.3, -0.25) is 0 Å². The molecule has 0 N–H and O–H groups in total. The SMILES string of the molecule is C=CC[S+](CC=C)c1ccc(-c2cccc3[cH-]c(C)cc23)cc1.C=CC[S+](CC=C)c1ccc(-c2cccc3[cH-]c(C)cc23)cc1.C[Si]C.[Cl][Zr]([Cl])([Br])[Br]. The molecule has 0 aliphatic heterocycles. The quantitative estimate of drug-likeness (QED) is 0.0496. The molecule has 0 unspecified atom stereocenters. The van der Waals surface area contributed by atoms with Gasteiger partial charge in [0.25, 0.3) is 0 Å². The topological polar surface area (TPSA) is 0 Å². The number of aryl methyl sites for hydroxylation is 2. The molecule has 0 fully saturated rings. The molecular formula is C46H50Br2Cl2S2SiZr. The van der Waals surface area contributed by atoms with E-state index in [2.05, 4.69) is 187 Å². The second kappa shape index (κ2) is 24.2. The van der Waals surface area contributed by atoms with Crippen molar-refractivity contribution in [3.63, 3.8) is 0 Å². The molecular weight excluding hydrogens is 967 g/mol. The maximum absolute atomic E-state index is 5.34. The third-order valence-corrected chi connectivity index (χ3v) is 12.5. The van der Waals surface area contributed by atoms with E-state index in [9.17, 15) is 0 Å². The van der Waals surface area contributed by atoms with Crippen LogP contribution in [0.5, 0.6) is 0 Å². The molecule has 282 valence electrons. The van der Waals surface area contributed by atoms with E-state index in [-0.39, 0.29) is 21.8 Å². The van der Waals surface area contributed by atoms with Crippen LogP contribution in [0.4, 0.5) is 0 Å². The molecule has 8 heteroatoms. The van der Waals surface area contributed by atoms with Gasteiger partial charge in [0.1, 0.15) is 23.0 Å². The zero-order chi connectivity index (χ0) is 39.7. The summed E-state index contributed by atoms with van der Waals surface area (Å²) in [6.07, 6.45) is 8.03. The van der Waals surface area contributed by atoms with Crippen LogP contribution in [0.3, 0.4) is 0 Å². The standard InChI is InChI=1S/2C22H22S.C2H6Si.2BrH.2ClH.Zr/c2*1-4-13-23(14-5-2)20-11-9-18(10-12-20)21-8-6-7-19-15-17(3)16-22(19)21;1-3-2;;;;;/h2*4-12,15-16H,1-2,13-14H2,3H3;1-2H3;4*1H;/q;;;;;;;+4/p-4. The molecule has 0 heterocycles. The number of benzene rings is 4. The second-order valence-corrected chi connectivity index (χ2v) is 58.8. The van der Waals surface area contributed by atoms with Gasteiger partial charge in [-0.1, -0.05) is 101 Å². The molecule has 0 amide bonds. The van der Waals surface area contributed by atoms with Crippen LogP contribution >= 0.6 is 41.5 Å². The normalized spacial score (nSPS) is 10.9. The van der Waals surface area contributed by atoms with Crippen molar-refractivity contribution in [2.45, 2.75) is 36.7 Å². The zero-order valence-electron chi connectivity index (χ0n) is 31.7. The molecule has 0 spiro atoms. The van der Waals surface area contributed by atoms with Crippen molar-refractivity contribution in [1.29, 1.82) is 0 Å². The van der Waals surface area contributed by atoms with E-state index in [0.717, 1.165) is 32.5 Å². The average molecular weight is 1020 g/mol. The molecule has 6 aromatic carbocycles. The van der Waals surface area contributed by atoms with Gasteiger partial charge in [0, 0.05) is 31.3 Å². The third-order valence-electron chi connectivity index (χ3n) is 8.06. The van der Waals surface area contributed by atoms with Crippen molar-refractivity contribution < 1.29 is 13.2 Å². The van der Waals surface area contributed by atoms with Gasteiger partial charge in [0.15, 0.2) is 9.79 Å². The zero-order valence-corrected chi connectivity index (χ0v) is 41.5. The van der Waals surface area contributed by atoms with Gasteiger partial charge in [-0.05, 0) is 59.7 Å². The summed E-state index contributed by atoms with van der Waals surface area (Å²) >= 11 is 3.45. The van der Waals surface area contributed by atoms with Gasteiger partial charge in [-0.2, -0.15) is 12.1 Å². The monoisotopic (exact) mass is 1010 g/mol. The Hall–Kier alpha value is -1.60.